The number of amides is 1. The largest absolute Gasteiger partial charge is 0.494 e. The van der Waals surface area contributed by atoms with Gasteiger partial charge in [0, 0.05) is 11.8 Å². The first-order chi connectivity index (χ1) is 13.7. The first kappa shape index (κ1) is 19.7. The van der Waals surface area contributed by atoms with Crippen LogP contribution in [-0.4, -0.2) is 25.5 Å². The third-order valence-corrected chi connectivity index (χ3v) is 4.37. The van der Waals surface area contributed by atoms with Crippen molar-refractivity contribution in [3.05, 3.63) is 53.6 Å². The molecule has 6 nitrogen and oxygen atoms in total. The van der Waals surface area contributed by atoms with Gasteiger partial charge in [-0.3, -0.25) is 4.79 Å². The summed E-state index contributed by atoms with van der Waals surface area (Å²) in [5.74, 6) is 2.24. The predicted octanol–water partition coefficient (Wildman–Crippen LogP) is 4.19. The zero-order valence-electron chi connectivity index (χ0n) is 16.3. The number of rotatable bonds is 9. The summed E-state index contributed by atoms with van der Waals surface area (Å²) in [6.07, 6.45) is 4.64. The highest BCUT2D eigenvalue weighted by atomic mass is 16.7. The number of benzene rings is 2. The summed E-state index contributed by atoms with van der Waals surface area (Å²) in [7, 11) is 0. The van der Waals surface area contributed by atoms with E-state index in [1.165, 1.54) is 0 Å². The fourth-order valence-corrected chi connectivity index (χ4v) is 2.82. The second kappa shape index (κ2) is 9.78. The zero-order chi connectivity index (χ0) is 19.8. The number of hydrogen-bond acceptors (Lipinski definition) is 5. The lowest BCUT2D eigenvalue weighted by Gasteiger charge is -2.07. The van der Waals surface area contributed by atoms with Crippen LogP contribution >= 0.6 is 0 Å². The van der Waals surface area contributed by atoms with Crippen molar-refractivity contribution in [3.63, 3.8) is 0 Å². The molecule has 28 heavy (non-hydrogen) atoms. The molecule has 0 fully saturated rings. The fourth-order valence-electron chi connectivity index (χ4n) is 2.82. The van der Waals surface area contributed by atoms with E-state index in [2.05, 4.69) is 17.5 Å². The summed E-state index contributed by atoms with van der Waals surface area (Å²) in [5.41, 5.74) is 4.25. The van der Waals surface area contributed by atoms with Gasteiger partial charge in [-0.2, -0.15) is 5.10 Å². The third kappa shape index (κ3) is 5.49. The second-order valence-electron chi connectivity index (χ2n) is 6.81. The number of carbonyl (C=O) groups is 1. The molecule has 0 saturated carbocycles. The Hall–Kier alpha value is -3.02. The lowest BCUT2D eigenvalue weighted by Crippen LogP contribution is -2.18. The molecule has 0 bridgehead atoms. The molecule has 1 atom stereocenters. The highest BCUT2D eigenvalue weighted by molar-refractivity contribution is 5.94. The summed E-state index contributed by atoms with van der Waals surface area (Å²) in [6.45, 7) is 5.12. The Morgan fingerprint density at radius 2 is 2.00 bits per heavy atom. The van der Waals surface area contributed by atoms with Gasteiger partial charge in [0.25, 0.3) is 5.91 Å². The molecule has 6 heteroatoms. The maximum atomic E-state index is 12.2. The van der Waals surface area contributed by atoms with E-state index in [0.29, 0.717) is 12.2 Å². The van der Waals surface area contributed by atoms with Gasteiger partial charge in [0.15, 0.2) is 11.5 Å². The van der Waals surface area contributed by atoms with E-state index in [4.69, 9.17) is 14.2 Å². The molecule has 0 radical (unpaired) electrons. The molecule has 3 rings (SSSR count). The molecule has 1 heterocycles. The lowest BCUT2D eigenvalue weighted by molar-refractivity contribution is 0.0955. The molecular weight excluding hydrogens is 356 g/mol. The van der Waals surface area contributed by atoms with Gasteiger partial charge >= 0.3 is 0 Å². The molecule has 2 aromatic carbocycles. The van der Waals surface area contributed by atoms with E-state index >= 15 is 0 Å². The Morgan fingerprint density at radius 3 is 2.79 bits per heavy atom. The third-order valence-electron chi connectivity index (χ3n) is 4.37. The van der Waals surface area contributed by atoms with Gasteiger partial charge in [-0.25, -0.2) is 5.43 Å². The number of hydrogen-bond donors (Lipinski definition) is 1. The fraction of sp³-hybridized carbons (Fsp3) is 0.364. The van der Waals surface area contributed by atoms with Gasteiger partial charge in [0.1, 0.15) is 5.75 Å². The first-order valence-corrected chi connectivity index (χ1v) is 9.60. The average molecular weight is 382 g/mol. The normalized spacial score (nSPS) is 13.5. The number of nitrogens with zero attached hydrogens (tertiary/aromatic N) is 1. The molecule has 0 saturated heterocycles. The minimum atomic E-state index is -0.244. The highest BCUT2D eigenvalue weighted by Gasteiger charge is 2.14. The molecule has 1 aliphatic rings. The second-order valence-corrected chi connectivity index (χ2v) is 6.81. The summed E-state index contributed by atoms with van der Waals surface area (Å²) in [4.78, 5) is 12.2. The van der Waals surface area contributed by atoms with Gasteiger partial charge in [0.2, 0.25) is 6.79 Å². The van der Waals surface area contributed by atoms with Crippen molar-refractivity contribution < 1.29 is 19.0 Å². The van der Waals surface area contributed by atoms with Crippen LogP contribution in [0.15, 0.2) is 47.6 Å². The van der Waals surface area contributed by atoms with Crippen molar-refractivity contribution in [2.24, 2.45) is 11.0 Å². The maximum Gasteiger partial charge on any atom is 0.271 e. The van der Waals surface area contributed by atoms with Crippen LogP contribution in [-0.2, 0) is 6.42 Å². The number of nitrogens with one attached hydrogen (secondary N) is 1. The lowest BCUT2D eigenvalue weighted by atomic mass is 10.0. The number of unbranched alkanes of at least 4 members (excludes halogenated alkanes) is 1. The van der Waals surface area contributed by atoms with E-state index < -0.39 is 0 Å². The van der Waals surface area contributed by atoms with Gasteiger partial charge in [-0.1, -0.05) is 26.3 Å². The number of ether oxygens (including phenoxy) is 3. The van der Waals surface area contributed by atoms with Gasteiger partial charge in [-0.15, -0.1) is 0 Å². The van der Waals surface area contributed by atoms with Crippen LogP contribution in [0.25, 0.3) is 0 Å². The van der Waals surface area contributed by atoms with Crippen molar-refractivity contribution in [1.29, 1.82) is 0 Å². The van der Waals surface area contributed by atoms with Crippen LogP contribution in [0.1, 0.15) is 42.6 Å². The summed E-state index contributed by atoms with van der Waals surface area (Å²) in [5, 5.41) is 4.09. The Labute approximate surface area is 165 Å². The molecule has 1 aliphatic heterocycles. The van der Waals surface area contributed by atoms with Crippen LogP contribution in [0.3, 0.4) is 0 Å². The monoisotopic (exact) mass is 382 g/mol. The standard InChI is InChI=1S/C22H26N2O4/c1-3-4-11-26-19-8-6-18(7-9-19)22(25)24-23-14-16(2)12-17-5-10-20-21(13-17)28-15-27-20/h5-10,13-14,16H,3-4,11-12,15H2,1-2H3,(H,24,25)/b23-14-/t16-/m1/s1. The average Bonchev–Trinajstić information content (AvgIpc) is 3.16. The molecule has 0 unspecified atom stereocenters. The first-order valence-electron chi connectivity index (χ1n) is 9.60. The van der Waals surface area contributed by atoms with E-state index in [1.807, 2.05) is 25.1 Å². The van der Waals surface area contributed by atoms with Crippen molar-refractivity contribution in [2.45, 2.75) is 33.1 Å². The van der Waals surface area contributed by atoms with Crippen LogP contribution < -0.4 is 19.6 Å². The summed E-state index contributed by atoms with van der Waals surface area (Å²) >= 11 is 0. The Balaban J connectivity index is 1.46. The van der Waals surface area contributed by atoms with E-state index in [1.54, 1.807) is 30.5 Å². The molecule has 1 N–H and O–H groups in total. The predicted molar refractivity (Wildman–Crippen MR) is 108 cm³/mol. The summed E-state index contributed by atoms with van der Waals surface area (Å²) in [6, 6.07) is 13.0. The van der Waals surface area contributed by atoms with Gasteiger partial charge < -0.3 is 14.2 Å². The smallest absolute Gasteiger partial charge is 0.271 e. The number of hydrazone groups is 1. The van der Waals surface area contributed by atoms with E-state index in [-0.39, 0.29) is 18.6 Å². The minimum absolute atomic E-state index is 0.162. The number of fused-ring (bicyclic) bond motifs is 1. The minimum Gasteiger partial charge on any atom is -0.494 e. The maximum absolute atomic E-state index is 12.2. The molecule has 0 spiro atoms. The van der Waals surface area contributed by atoms with Gasteiger partial charge in [0.05, 0.1) is 6.61 Å². The summed E-state index contributed by atoms with van der Waals surface area (Å²) < 4.78 is 16.3. The topological polar surface area (TPSA) is 69.2 Å². The van der Waals surface area contributed by atoms with Crippen molar-refractivity contribution in [2.75, 3.05) is 13.4 Å². The molecule has 2 aromatic rings. The number of carbonyl (C=O) groups excluding carboxylic acids is 1. The Bertz CT molecular complexity index is 818. The van der Waals surface area contributed by atoms with Crippen molar-refractivity contribution in [1.82, 2.24) is 5.43 Å². The molecule has 1 amide bonds. The van der Waals surface area contributed by atoms with Crippen LogP contribution in [0.2, 0.25) is 0 Å². The molecular formula is C22H26N2O4. The Morgan fingerprint density at radius 1 is 1.21 bits per heavy atom. The van der Waals surface area contributed by atoms with Crippen molar-refractivity contribution in [3.8, 4) is 17.2 Å². The highest BCUT2D eigenvalue weighted by Crippen LogP contribution is 2.32. The van der Waals surface area contributed by atoms with E-state index in [0.717, 1.165) is 42.1 Å². The molecule has 0 aromatic heterocycles. The van der Waals surface area contributed by atoms with Crippen LogP contribution in [0.4, 0.5) is 0 Å². The SMILES string of the molecule is CCCCOc1ccc(C(=O)N/N=C\[C@H](C)Cc2ccc3c(c2)OCO3)cc1. The molecule has 0 aliphatic carbocycles. The zero-order valence-corrected chi connectivity index (χ0v) is 16.3. The molecule has 148 valence electrons. The van der Waals surface area contributed by atoms with Crippen LogP contribution in [0.5, 0.6) is 17.2 Å². The van der Waals surface area contributed by atoms with E-state index in [9.17, 15) is 4.79 Å². The quantitative estimate of drug-likeness (QED) is 0.401. The van der Waals surface area contributed by atoms with Crippen molar-refractivity contribution >= 4 is 12.1 Å². The van der Waals surface area contributed by atoms with Gasteiger partial charge in [-0.05, 0) is 60.7 Å². The Kier molecular flexibility index (Phi) is 6.89. The van der Waals surface area contributed by atoms with Crippen LogP contribution in [0, 0.1) is 5.92 Å².